The van der Waals surface area contributed by atoms with Crippen molar-refractivity contribution in [3.05, 3.63) is 94.5 Å². The number of Topliss-reactive ketones (excluding diaryl/α,β-unsaturated/α-hetero) is 1. The van der Waals surface area contributed by atoms with Crippen molar-refractivity contribution >= 4 is 20.0 Å². The predicted molar refractivity (Wildman–Crippen MR) is 135 cm³/mol. The summed E-state index contributed by atoms with van der Waals surface area (Å²) in [5.41, 5.74) is 4.51. The maximum Gasteiger partial charge on any atom is 1.00 e. The molecule has 36 heavy (non-hydrogen) atoms. The smallest absolute Gasteiger partial charge is 0.736 e. The molecule has 3 aromatic carbocycles. The molecule has 0 saturated heterocycles. The van der Waals surface area contributed by atoms with Crippen LogP contribution in [0.15, 0.2) is 66.7 Å². The number of benzene rings is 3. The SMILES string of the molecule is CN(C)C=O.Cc1ccc(C(=O)CCc2ccc(OP(=O)([O-])Oc3cc(C)cc(C)c3)cc2)cc1.[Na+]. The molecule has 1 amide bonds. The van der Waals surface area contributed by atoms with Gasteiger partial charge < -0.3 is 18.8 Å². The number of hydrogen-bond donors (Lipinski definition) is 0. The van der Waals surface area contributed by atoms with E-state index >= 15 is 0 Å². The standard InChI is InChI=1S/C24H25O5P.C3H7NO.Na/c1-17-4-9-21(10-5-17)24(25)13-8-20-6-11-22(12-7-20)28-30(26,27)29-23-15-18(2)14-19(3)16-23;1-4(2)3-5;/h4-7,9-12,14-16H,8,13H2,1-3H3,(H,26,27);3H,1-2H3;/q;;+1/p-1. The third-order valence-corrected chi connectivity index (χ3v) is 5.65. The molecular formula is C27H31NNaO6P. The van der Waals surface area contributed by atoms with Crippen molar-refractivity contribution in [2.75, 3.05) is 14.1 Å². The monoisotopic (exact) mass is 519 g/mol. The second-order valence-corrected chi connectivity index (χ2v) is 9.71. The van der Waals surface area contributed by atoms with Crippen LogP contribution >= 0.6 is 7.82 Å². The molecule has 1 unspecified atom stereocenters. The zero-order chi connectivity index (χ0) is 26.0. The second-order valence-electron chi connectivity index (χ2n) is 8.46. The molecule has 0 heterocycles. The summed E-state index contributed by atoms with van der Waals surface area (Å²) >= 11 is 0. The second kappa shape index (κ2) is 15.0. The van der Waals surface area contributed by atoms with Gasteiger partial charge in [-0.15, -0.1) is 0 Å². The first-order valence-electron chi connectivity index (χ1n) is 11.1. The van der Waals surface area contributed by atoms with E-state index in [0.29, 0.717) is 18.4 Å². The van der Waals surface area contributed by atoms with Crippen molar-refractivity contribution in [1.82, 2.24) is 4.90 Å². The van der Waals surface area contributed by atoms with Gasteiger partial charge in [0.1, 0.15) is 11.5 Å². The molecule has 1 atom stereocenters. The molecule has 0 aliphatic rings. The average molecular weight is 520 g/mol. The topological polar surface area (TPSA) is 96.0 Å². The molecule has 0 N–H and O–H groups in total. The first kappa shape index (κ1) is 31.6. The Balaban J connectivity index is 0.000000983. The van der Waals surface area contributed by atoms with E-state index in [1.807, 2.05) is 51.1 Å². The minimum Gasteiger partial charge on any atom is -0.736 e. The van der Waals surface area contributed by atoms with Gasteiger partial charge in [-0.05, 0) is 68.1 Å². The maximum absolute atomic E-state index is 12.3. The van der Waals surface area contributed by atoms with E-state index in [1.165, 1.54) is 4.90 Å². The fraction of sp³-hybridized carbons (Fsp3) is 0.259. The number of aryl methyl sites for hydroxylation is 4. The van der Waals surface area contributed by atoms with Gasteiger partial charge in [0.15, 0.2) is 5.78 Å². The summed E-state index contributed by atoms with van der Waals surface area (Å²) in [6.45, 7) is 5.70. The Hall–Kier alpha value is -2.41. The van der Waals surface area contributed by atoms with Gasteiger partial charge in [0, 0.05) is 26.1 Å². The molecule has 3 aromatic rings. The van der Waals surface area contributed by atoms with Gasteiger partial charge in [0.25, 0.3) is 0 Å². The summed E-state index contributed by atoms with van der Waals surface area (Å²) in [4.78, 5) is 35.4. The number of ketones is 1. The van der Waals surface area contributed by atoms with E-state index in [9.17, 15) is 19.0 Å². The van der Waals surface area contributed by atoms with Crippen LogP contribution in [0.1, 0.15) is 39.0 Å². The van der Waals surface area contributed by atoms with E-state index in [2.05, 4.69) is 0 Å². The van der Waals surface area contributed by atoms with Crippen LogP contribution < -0.4 is 43.5 Å². The van der Waals surface area contributed by atoms with Crippen molar-refractivity contribution in [3.63, 3.8) is 0 Å². The van der Waals surface area contributed by atoms with Crippen molar-refractivity contribution in [3.8, 4) is 11.5 Å². The molecule has 3 rings (SSSR count). The Kier molecular flexibility index (Phi) is 13.2. The number of phosphoric ester groups is 1. The summed E-state index contributed by atoms with van der Waals surface area (Å²) < 4.78 is 22.3. The van der Waals surface area contributed by atoms with Crippen LogP contribution in [0.3, 0.4) is 0 Å². The van der Waals surface area contributed by atoms with Gasteiger partial charge in [-0.1, -0.05) is 48.0 Å². The Bertz CT molecular complexity index is 1160. The number of rotatable bonds is 9. The first-order chi connectivity index (χ1) is 16.5. The Morgan fingerprint density at radius 2 is 1.36 bits per heavy atom. The average Bonchev–Trinajstić information content (AvgIpc) is 2.78. The molecule has 0 aliphatic heterocycles. The Morgan fingerprint density at radius 1 is 0.861 bits per heavy atom. The van der Waals surface area contributed by atoms with Crippen molar-refractivity contribution in [2.45, 2.75) is 33.6 Å². The number of carbonyl (C=O) groups is 2. The summed E-state index contributed by atoms with van der Waals surface area (Å²) in [5, 5.41) is 0. The van der Waals surface area contributed by atoms with Crippen LogP contribution in [0.5, 0.6) is 11.5 Å². The molecular weight excluding hydrogens is 488 g/mol. The minimum atomic E-state index is -4.57. The quantitative estimate of drug-likeness (QED) is 0.186. The number of carbonyl (C=O) groups excluding carboxylic acids is 2. The fourth-order valence-corrected chi connectivity index (χ4v) is 3.90. The Labute approximate surface area is 235 Å². The zero-order valence-electron chi connectivity index (χ0n) is 21.7. The summed E-state index contributed by atoms with van der Waals surface area (Å²) in [5.74, 6) is 0.449. The van der Waals surface area contributed by atoms with Crippen molar-refractivity contribution in [1.29, 1.82) is 0 Å². The molecule has 0 aliphatic carbocycles. The van der Waals surface area contributed by atoms with Gasteiger partial charge in [0.05, 0.1) is 0 Å². The van der Waals surface area contributed by atoms with Gasteiger partial charge >= 0.3 is 37.4 Å². The minimum absolute atomic E-state index is 0. The molecule has 7 nitrogen and oxygen atoms in total. The largest absolute Gasteiger partial charge is 1.00 e. The summed E-state index contributed by atoms with van der Waals surface area (Å²) in [6, 6.07) is 19.3. The number of amides is 1. The van der Waals surface area contributed by atoms with E-state index in [1.54, 1.807) is 50.5 Å². The molecule has 0 bridgehead atoms. The molecule has 0 saturated carbocycles. The maximum atomic E-state index is 12.3. The van der Waals surface area contributed by atoms with Crippen LogP contribution in [0.25, 0.3) is 0 Å². The third kappa shape index (κ3) is 11.5. The molecule has 0 spiro atoms. The number of phosphoric acid groups is 1. The van der Waals surface area contributed by atoms with Crippen LogP contribution in [-0.2, 0) is 15.8 Å². The third-order valence-electron chi connectivity index (χ3n) is 4.78. The van der Waals surface area contributed by atoms with Gasteiger partial charge in [-0.25, -0.2) is 4.57 Å². The fourth-order valence-electron chi connectivity index (χ4n) is 3.12. The predicted octanol–water partition coefficient (Wildman–Crippen LogP) is 2.06. The number of hydrogen-bond acceptors (Lipinski definition) is 6. The van der Waals surface area contributed by atoms with E-state index < -0.39 is 7.82 Å². The van der Waals surface area contributed by atoms with Crippen LogP contribution in [-0.4, -0.2) is 31.2 Å². The molecule has 0 fully saturated rings. The number of nitrogens with zero attached hydrogens (tertiary/aromatic N) is 1. The van der Waals surface area contributed by atoms with E-state index in [0.717, 1.165) is 28.7 Å². The van der Waals surface area contributed by atoms with Crippen LogP contribution in [0.4, 0.5) is 0 Å². The van der Waals surface area contributed by atoms with Crippen LogP contribution in [0, 0.1) is 20.8 Å². The Morgan fingerprint density at radius 3 is 1.86 bits per heavy atom. The zero-order valence-corrected chi connectivity index (χ0v) is 24.6. The summed E-state index contributed by atoms with van der Waals surface area (Å²) in [7, 11) is -1.20. The van der Waals surface area contributed by atoms with Gasteiger partial charge in [-0.2, -0.15) is 0 Å². The van der Waals surface area contributed by atoms with Crippen LogP contribution in [0.2, 0.25) is 0 Å². The molecule has 0 aromatic heterocycles. The van der Waals surface area contributed by atoms with Crippen molar-refractivity contribution < 1.29 is 57.7 Å². The van der Waals surface area contributed by atoms with Gasteiger partial charge in [-0.3, -0.25) is 9.59 Å². The normalized spacial score (nSPS) is 11.6. The summed E-state index contributed by atoms with van der Waals surface area (Å²) in [6.07, 6.45) is 1.68. The van der Waals surface area contributed by atoms with E-state index in [4.69, 9.17) is 9.05 Å². The first-order valence-corrected chi connectivity index (χ1v) is 12.5. The van der Waals surface area contributed by atoms with Crippen molar-refractivity contribution in [2.24, 2.45) is 0 Å². The molecule has 9 heteroatoms. The molecule has 186 valence electrons. The van der Waals surface area contributed by atoms with Gasteiger partial charge in [0.2, 0.25) is 6.41 Å². The van der Waals surface area contributed by atoms with E-state index in [-0.39, 0.29) is 46.8 Å². The molecule has 0 radical (unpaired) electrons.